The number of nitrogens with one attached hydrogen (secondary N) is 1. The molecule has 0 spiro atoms. The minimum absolute atomic E-state index is 0.0333. The minimum atomic E-state index is -5.04. The van der Waals surface area contributed by atoms with Gasteiger partial charge in [-0.2, -0.15) is 41.8 Å². The SMILES string of the molecule is O=C(CS(=O)(=O)c1ccc2n[nH]nc2c1)N1CCN(C(=O)OCc2cc(C(F)(F)F)cc(C(F)(F)F)c2)CC1. The first-order valence-corrected chi connectivity index (χ1v) is 12.8. The van der Waals surface area contributed by atoms with Gasteiger partial charge in [0.2, 0.25) is 5.91 Å². The molecule has 2 heterocycles. The summed E-state index contributed by atoms with van der Waals surface area (Å²) in [5.74, 6) is -1.55. The maximum Gasteiger partial charge on any atom is 0.416 e. The number of alkyl halides is 6. The number of aromatic nitrogens is 3. The molecule has 2 amide bonds. The first-order chi connectivity index (χ1) is 18.1. The Bertz CT molecular complexity index is 1460. The number of carbonyl (C=O) groups excluding carboxylic acids is 2. The Morgan fingerprint density at radius 2 is 1.41 bits per heavy atom. The fraction of sp³-hybridized carbons (Fsp3) is 0.364. The molecule has 1 saturated heterocycles. The number of H-pyrrole nitrogens is 1. The van der Waals surface area contributed by atoms with Crippen LogP contribution >= 0.6 is 0 Å². The van der Waals surface area contributed by atoms with Crippen molar-refractivity contribution in [3.8, 4) is 0 Å². The standard InChI is InChI=1S/C22H19F6N5O5S/c23-21(24,25)14-7-13(8-15(9-14)22(26,27)28)11-38-20(35)33-5-3-32(4-6-33)19(34)12-39(36,37)16-1-2-17-18(10-16)30-31-29-17/h1-2,7-10H,3-6,11-12H2,(H,29,30,31). The second-order valence-corrected chi connectivity index (χ2v) is 10.6. The van der Waals surface area contributed by atoms with Crippen molar-refractivity contribution < 1.29 is 49.1 Å². The zero-order valence-electron chi connectivity index (χ0n) is 19.7. The summed E-state index contributed by atoms with van der Waals surface area (Å²) in [4.78, 5) is 27.2. The highest BCUT2D eigenvalue weighted by molar-refractivity contribution is 7.92. The highest BCUT2D eigenvalue weighted by atomic mass is 32.2. The third kappa shape index (κ3) is 6.58. The van der Waals surface area contributed by atoms with Gasteiger partial charge < -0.3 is 14.5 Å². The van der Waals surface area contributed by atoms with Gasteiger partial charge in [0.1, 0.15) is 23.4 Å². The van der Waals surface area contributed by atoms with Crippen LogP contribution in [0, 0.1) is 0 Å². The van der Waals surface area contributed by atoms with E-state index in [9.17, 15) is 44.3 Å². The van der Waals surface area contributed by atoms with Crippen molar-refractivity contribution in [2.75, 3.05) is 31.9 Å². The van der Waals surface area contributed by atoms with Crippen LogP contribution in [0.5, 0.6) is 0 Å². The molecule has 0 bridgehead atoms. The molecule has 39 heavy (non-hydrogen) atoms. The Morgan fingerprint density at radius 3 is 2.00 bits per heavy atom. The van der Waals surface area contributed by atoms with Crippen molar-refractivity contribution in [3.63, 3.8) is 0 Å². The number of sulfone groups is 1. The Kier molecular flexibility index (Phi) is 7.46. The van der Waals surface area contributed by atoms with Gasteiger partial charge in [-0.3, -0.25) is 4.79 Å². The summed E-state index contributed by atoms with van der Waals surface area (Å²) in [6.07, 6.45) is -11.1. The van der Waals surface area contributed by atoms with Crippen LogP contribution in [0.2, 0.25) is 0 Å². The van der Waals surface area contributed by atoms with E-state index in [2.05, 4.69) is 15.4 Å². The quantitative estimate of drug-likeness (QED) is 0.460. The monoisotopic (exact) mass is 579 g/mol. The highest BCUT2D eigenvalue weighted by Crippen LogP contribution is 2.36. The summed E-state index contributed by atoms with van der Waals surface area (Å²) >= 11 is 0. The number of carbonyl (C=O) groups is 2. The molecular weight excluding hydrogens is 560 g/mol. The number of hydrogen-bond donors (Lipinski definition) is 1. The number of halogens is 6. The Morgan fingerprint density at radius 1 is 0.846 bits per heavy atom. The van der Waals surface area contributed by atoms with Crippen LogP contribution in [0.15, 0.2) is 41.3 Å². The van der Waals surface area contributed by atoms with Gasteiger partial charge in [0, 0.05) is 26.2 Å². The molecule has 1 aromatic heterocycles. The third-order valence-electron chi connectivity index (χ3n) is 5.86. The van der Waals surface area contributed by atoms with Gasteiger partial charge in [-0.25, -0.2) is 13.2 Å². The maximum atomic E-state index is 13.0. The van der Waals surface area contributed by atoms with E-state index in [1.807, 2.05) is 0 Å². The number of benzene rings is 2. The lowest BCUT2D eigenvalue weighted by Crippen LogP contribution is -2.51. The van der Waals surface area contributed by atoms with E-state index >= 15 is 0 Å². The number of hydrogen-bond acceptors (Lipinski definition) is 7. The molecular formula is C22H19F6N5O5S. The fourth-order valence-corrected chi connectivity index (χ4v) is 5.07. The van der Waals surface area contributed by atoms with Gasteiger partial charge in [0.15, 0.2) is 9.84 Å². The molecule has 2 aromatic carbocycles. The van der Waals surface area contributed by atoms with Crippen molar-refractivity contribution in [1.29, 1.82) is 0 Å². The van der Waals surface area contributed by atoms with Crippen LogP contribution in [0.4, 0.5) is 31.1 Å². The Labute approximate surface area is 216 Å². The zero-order chi connectivity index (χ0) is 28.6. The van der Waals surface area contributed by atoms with E-state index in [4.69, 9.17) is 4.74 Å². The second kappa shape index (κ2) is 10.3. The lowest BCUT2D eigenvalue weighted by molar-refractivity contribution is -0.143. The van der Waals surface area contributed by atoms with Crippen LogP contribution < -0.4 is 0 Å². The van der Waals surface area contributed by atoms with Gasteiger partial charge >= 0.3 is 18.4 Å². The predicted octanol–water partition coefficient (Wildman–Crippen LogP) is 3.25. The normalized spacial score (nSPS) is 15.0. The number of ether oxygens (including phenoxy) is 1. The summed E-state index contributed by atoms with van der Waals surface area (Å²) in [7, 11) is -4.01. The predicted molar refractivity (Wildman–Crippen MR) is 121 cm³/mol. The Hall–Kier alpha value is -3.89. The van der Waals surface area contributed by atoms with E-state index in [0.717, 1.165) is 4.90 Å². The van der Waals surface area contributed by atoms with Gasteiger partial charge in [0.25, 0.3) is 0 Å². The molecule has 3 aromatic rings. The minimum Gasteiger partial charge on any atom is -0.445 e. The molecule has 0 unspecified atom stereocenters. The smallest absolute Gasteiger partial charge is 0.416 e. The second-order valence-electron chi connectivity index (χ2n) is 8.57. The molecule has 210 valence electrons. The van der Waals surface area contributed by atoms with Crippen molar-refractivity contribution in [3.05, 3.63) is 53.1 Å². The molecule has 1 aliphatic heterocycles. The largest absolute Gasteiger partial charge is 0.445 e. The summed E-state index contributed by atoms with van der Waals surface area (Å²) in [5.41, 5.74) is -2.83. The molecule has 4 rings (SSSR count). The summed E-state index contributed by atoms with van der Waals surface area (Å²) < 4.78 is 108. The van der Waals surface area contributed by atoms with E-state index in [1.165, 1.54) is 23.1 Å². The molecule has 0 atom stereocenters. The number of aromatic amines is 1. The van der Waals surface area contributed by atoms with Crippen LogP contribution in [0.25, 0.3) is 11.0 Å². The first kappa shape index (κ1) is 28.1. The average molecular weight is 579 g/mol. The lowest BCUT2D eigenvalue weighted by atomic mass is 10.1. The Balaban J connectivity index is 1.33. The van der Waals surface area contributed by atoms with Crippen LogP contribution in [-0.4, -0.2) is 77.6 Å². The van der Waals surface area contributed by atoms with Crippen molar-refractivity contribution in [1.82, 2.24) is 25.2 Å². The van der Waals surface area contributed by atoms with Gasteiger partial charge in [-0.1, -0.05) is 0 Å². The number of piperazine rings is 1. The highest BCUT2D eigenvalue weighted by Gasteiger charge is 2.37. The summed E-state index contributed by atoms with van der Waals surface area (Å²) in [5, 5.41) is 9.98. The number of nitrogens with zero attached hydrogens (tertiary/aromatic N) is 4. The van der Waals surface area contributed by atoms with E-state index in [1.54, 1.807) is 0 Å². The van der Waals surface area contributed by atoms with Crippen molar-refractivity contribution in [2.45, 2.75) is 23.9 Å². The van der Waals surface area contributed by atoms with Crippen LogP contribution in [0.1, 0.15) is 16.7 Å². The summed E-state index contributed by atoms with van der Waals surface area (Å²) in [6.45, 7) is -1.15. The third-order valence-corrected chi connectivity index (χ3v) is 7.46. The molecule has 1 N–H and O–H groups in total. The molecule has 17 heteroatoms. The molecule has 0 saturated carbocycles. The van der Waals surface area contributed by atoms with Gasteiger partial charge in [-0.15, -0.1) is 0 Å². The zero-order valence-corrected chi connectivity index (χ0v) is 20.5. The summed E-state index contributed by atoms with van der Waals surface area (Å²) in [6, 6.07) is 4.89. The van der Waals surface area contributed by atoms with Crippen molar-refractivity contribution >= 4 is 32.9 Å². The fourth-order valence-electron chi connectivity index (χ4n) is 3.83. The number of rotatable bonds is 5. The molecule has 0 aliphatic carbocycles. The maximum absolute atomic E-state index is 13.0. The van der Waals surface area contributed by atoms with E-state index in [0.29, 0.717) is 23.2 Å². The lowest BCUT2D eigenvalue weighted by Gasteiger charge is -2.34. The van der Waals surface area contributed by atoms with E-state index in [-0.39, 0.29) is 37.1 Å². The molecule has 0 radical (unpaired) electrons. The molecule has 10 nitrogen and oxygen atoms in total. The molecule has 1 aliphatic rings. The van der Waals surface area contributed by atoms with Crippen LogP contribution in [0.3, 0.4) is 0 Å². The van der Waals surface area contributed by atoms with Crippen LogP contribution in [-0.2, 0) is 38.3 Å². The first-order valence-electron chi connectivity index (χ1n) is 11.1. The average Bonchev–Trinajstić information content (AvgIpc) is 3.34. The van der Waals surface area contributed by atoms with E-state index < -0.39 is 63.2 Å². The topological polar surface area (TPSA) is 126 Å². The number of fused-ring (bicyclic) bond motifs is 1. The molecule has 1 fully saturated rings. The number of amides is 2. The van der Waals surface area contributed by atoms with Gasteiger partial charge in [0.05, 0.1) is 16.0 Å². The van der Waals surface area contributed by atoms with Gasteiger partial charge in [-0.05, 0) is 42.0 Å². The van der Waals surface area contributed by atoms with Crippen molar-refractivity contribution in [2.24, 2.45) is 0 Å².